The number of carbonyl (C=O) groups excluding carboxylic acids is 4. The largest absolute Gasteiger partial charge is 0.456 e. The second kappa shape index (κ2) is 17.6. The van der Waals surface area contributed by atoms with Gasteiger partial charge < -0.3 is 44.3 Å². The molecule has 4 amide bonds. The van der Waals surface area contributed by atoms with Crippen LogP contribution in [0.15, 0.2) is 113 Å². The topological polar surface area (TPSA) is 205 Å². The van der Waals surface area contributed by atoms with Gasteiger partial charge in [-0.25, -0.2) is 19.6 Å². The predicted molar refractivity (Wildman–Crippen MR) is 237 cm³/mol. The quantitative estimate of drug-likeness (QED) is 0.0994. The maximum atomic E-state index is 14.1. The Bertz CT molecular complexity index is 2950. The van der Waals surface area contributed by atoms with Crippen LogP contribution in [0.1, 0.15) is 78.2 Å². The van der Waals surface area contributed by atoms with E-state index in [0.717, 1.165) is 29.5 Å². The predicted octanol–water partition coefficient (Wildman–Crippen LogP) is 7.56. The van der Waals surface area contributed by atoms with Crippen molar-refractivity contribution in [1.29, 1.82) is 0 Å². The molecule has 5 heterocycles. The minimum atomic E-state index is -0.937. The lowest BCUT2D eigenvalue weighted by Crippen LogP contribution is -2.42. The molecule has 4 atom stereocenters. The Labute approximate surface area is 367 Å². The molecule has 0 spiro atoms. The van der Waals surface area contributed by atoms with Crippen molar-refractivity contribution in [3.05, 3.63) is 142 Å². The van der Waals surface area contributed by atoms with Crippen molar-refractivity contribution < 1.29 is 33.1 Å². The van der Waals surface area contributed by atoms with Gasteiger partial charge in [-0.1, -0.05) is 60.7 Å². The number of imidazole rings is 2. The highest BCUT2D eigenvalue weighted by molar-refractivity contribution is 5.94. The molecule has 2 aliphatic heterocycles. The Morgan fingerprint density at radius 3 is 1.75 bits per heavy atom. The number of nitrogens with zero attached hydrogens (tertiary/aromatic N) is 4. The van der Waals surface area contributed by atoms with E-state index in [4.69, 9.17) is 18.9 Å². The fraction of sp³-hybridized carbons (Fsp3) is 0.271. The van der Waals surface area contributed by atoms with Gasteiger partial charge >= 0.3 is 12.2 Å². The minimum Gasteiger partial charge on any atom is -0.456 e. The lowest BCUT2D eigenvalue weighted by atomic mass is 10.0. The van der Waals surface area contributed by atoms with Gasteiger partial charge in [0, 0.05) is 24.2 Å². The summed E-state index contributed by atoms with van der Waals surface area (Å²) in [6.45, 7) is 2.90. The minimum absolute atomic E-state index is 0.191. The smallest absolute Gasteiger partial charge is 0.407 e. The molecule has 64 heavy (non-hydrogen) atoms. The molecule has 326 valence electrons. The number of carbonyl (C=O) groups is 4. The van der Waals surface area contributed by atoms with E-state index >= 15 is 0 Å². The van der Waals surface area contributed by atoms with Gasteiger partial charge in [0.1, 0.15) is 34.9 Å². The summed E-state index contributed by atoms with van der Waals surface area (Å²) >= 11 is 0. The van der Waals surface area contributed by atoms with E-state index in [1.165, 1.54) is 14.2 Å². The number of aromatic nitrogens is 4. The highest BCUT2D eigenvalue weighted by Gasteiger charge is 2.38. The molecule has 0 bridgehead atoms. The number of amides is 4. The van der Waals surface area contributed by atoms with Crippen molar-refractivity contribution in [1.82, 2.24) is 40.4 Å². The highest BCUT2D eigenvalue weighted by atomic mass is 16.5. The average Bonchev–Trinajstić information content (AvgIpc) is 4.18. The molecule has 7 aromatic rings. The molecule has 16 nitrogen and oxygen atoms in total. The Kier molecular flexibility index (Phi) is 11.4. The summed E-state index contributed by atoms with van der Waals surface area (Å²) in [7, 11) is 2.52. The number of aryl methyl sites for hydroxylation is 1. The van der Waals surface area contributed by atoms with Crippen molar-refractivity contribution in [2.45, 2.75) is 56.8 Å². The molecule has 16 heteroatoms. The van der Waals surface area contributed by atoms with Crippen LogP contribution >= 0.6 is 0 Å². The van der Waals surface area contributed by atoms with Crippen LogP contribution in [0.5, 0.6) is 0 Å². The SMILES string of the molecule is COC(=O)N[C@@H](C(=O)N1CCC[C@H]1c1ncc(-c2ccc3oc4cc(-c5cnc([C@@H]6CCCN6C(=O)[C@H](NC(=O)OC)c6ccccc6)[nH]5)c(C)cc4c(=O)c3c2)[nH]1)c1ccccc1. The molecule has 2 aliphatic rings. The number of methoxy groups -OCH3 is 2. The first-order valence-corrected chi connectivity index (χ1v) is 21.1. The number of ether oxygens (including phenoxy) is 2. The van der Waals surface area contributed by atoms with Crippen molar-refractivity contribution in [3.8, 4) is 22.5 Å². The second-order valence-electron chi connectivity index (χ2n) is 16.0. The van der Waals surface area contributed by atoms with Gasteiger partial charge in [-0.3, -0.25) is 14.4 Å². The van der Waals surface area contributed by atoms with E-state index in [1.54, 1.807) is 58.6 Å². The molecule has 4 N–H and O–H groups in total. The summed E-state index contributed by atoms with van der Waals surface area (Å²) < 4.78 is 16.0. The van der Waals surface area contributed by atoms with E-state index in [1.807, 2.05) is 61.5 Å². The third-order valence-electron chi connectivity index (χ3n) is 12.2. The second-order valence-corrected chi connectivity index (χ2v) is 16.0. The molecule has 0 radical (unpaired) electrons. The van der Waals surface area contributed by atoms with Gasteiger partial charge in [0.25, 0.3) is 11.8 Å². The summed E-state index contributed by atoms with van der Waals surface area (Å²) in [5.41, 5.74) is 5.60. The van der Waals surface area contributed by atoms with Crippen molar-refractivity contribution in [3.63, 3.8) is 0 Å². The van der Waals surface area contributed by atoms with Crippen LogP contribution in [-0.4, -0.2) is 81.0 Å². The zero-order valence-corrected chi connectivity index (χ0v) is 35.4. The lowest BCUT2D eigenvalue weighted by molar-refractivity contribution is -0.135. The molecule has 2 saturated heterocycles. The Balaban J connectivity index is 0.957. The van der Waals surface area contributed by atoms with E-state index in [9.17, 15) is 24.0 Å². The normalized spacial score (nSPS) is 17.0. The fourth-order valence-electron chi connectivity index (χ4n) is 8.94. The zero-order valence-electron chi connectivity index (χ0n) is 35.4. The zero-order chi connectivity index (χ0) is 44.5. The van der Waals surface area contributed by atoms with Gasteiger partial charge in [-0.05, 0) is 79.6 Å². The van der Waals surface area contributed by atoms with Crippen LogP contribution < -0.4 is 16.1 Å². The maximum Gasteiger partial charge on any atom is 0.407 e. The van der Waals surface area contributed by atoms with Crippen molar-refractivity contribution in [2.24, 2.45) is 0 Å². The Morgan fingerprint density at radius 2 is 1.20 bits per heavy atom. The molecule has 9 rings (SSSR count). The lowest BCUT2D eigenvalue weighted by Gasteiger charge is -2.28. The van der Waals surface area contributed by atoms with Gasteiger partial charge in [0.05, 0.1) is 60.9 Å². The molecular formula is C48H46N8O8. The molecule has 0 aliphatic carbocycles. The number of benzene rings is 4. The van der Waals surface area contributed by atoms with Crippen LogP contribution in [0.4, 0.5) is 9.59 Å². The third kappa shape index (κ3) is 7.93. The molecule has 0 unspecified atom stereocenters. The average molecular weight is 863 g/mol. The number of fused-ring (bicyclic) bond motifs is 2. The number of aromatic amines is 2. The van der Waals surface area contributed by atoms with Gasteiger partial charge in [-0.15, -0.1) is 0 Å². The number of hydrogen-bond donors (Lipinski definition) is 4. The highest BCUT2D eigenvalue weighted by Crippen LogP contribution is 2.37. The summed E-state index contributed by atoms with van der Waals surface area (Å²) in [5.74, 6) is 0.675. The fourth-order valence-corrected chi connectivity index (χ4v) is 8.94. The number of nitrogens with one attached hydrogen (secondary N) is 4. The molecule has 4 aromatic carbocycles. The molecule has 0 saturated carbocycles. The van der Waals surface area contributed by atoms with Gasteiger partial charge in [0.15, 0.2) is 0 Å². The summed E-state index contributed by atoms with van der Waals surface area (Å²) in [6.07, 6.45) is 4.88. The van der Waals surface area contributed by atoms with Crippen LogP contribution in [0.3, 0.4) is 0 Å². The number of hydrogen-bond acceptors (Lipinski definition) is 10. The first kappa shape index (κ1) is 41.6. The monoisotopic (exact) mass is 862 g/mol. The number of likely N-dealkylation sites (tertiary alicyclic amines) is 2. The molecule has 2 fully saturated rings. The number of rotatable bonds is 10. The third-order valence-corrected chi connectivity index (χ3v) is 12.2. The van der Waals surface area contributed by atoms with E-state index in [2.05, 4.69) is 25.6 Å². The van der Waals surface area contributed by atoms with Crippen LogP contribution in [0.2, 0.25) is 0 Å². The summed E-state index contributed by atoms with van der Waals surface area (Å²) in [6, 6.07) is 24.6. The Hall–Kier alpha value is -7.75. The number of H-pyrrole nitrogens is 2. The molecule has 3 aromatic heterocycles. The van der Waals surface area contributed by atoms with E-state index < -0.39 is 24.3 Å². The van der Waals surface area contributed by atoms with Crippen molar-refractivity contribution in [2.75, 3.05) is 27.3 Å². The van der Waals surface area contributed by atoms with Crippen LogP contribution in [0.25, 0.3) is 44.5 Å². The summed E-state index contributed by atoms with van der Waals surface area (Å²) in [4.78, 5) is 86.4. The standard InChI is InChI=1S/C48H46N8O8/c1-27-22-32-39(24-31(27)35-26-50-44(52-35)37-17-11-21-56(37)46(59)41(54-48(61)63-3)29-14-8-5-9-15-29)64-38-19-18-30(23-33(38)42(32)57)34-25-49-43(51-34)36-16-10-20-55(36)45(58)40(53-47(60)62-2)28-12-6-4-7-13-28/h4-9,12-15,18-19,22-26,36-37,40-41H,10-11,16-17,20-21H2,1-3H3,(H,49,51)(H,50,52)(H,53,60)(H,54,61)/t36-,37-,40+,41+/m0/s1. The van der Waals surface area contributed by atoms with E-state index in [-0.39, 0.29) is 29.3 Å². The number of alkyl carbamates (subject to hydrolysis) is 2. The van der Waals surface area contributed by atoms with Crippen molar-refractivity contribution >= 4 is 45.9 Å². The van der Waals surface area contributed by atoms with Crippen LogP contribution in [0, 0.1) is 6.92 Å². The first-order valence-electron chi connectivity index (χ1n) is 21.1. The maximum absolute atomic E-state index is 14.1. The summed E-state index contributed by atoms with van der Waals surface area (Å²) in [5, 5.41) is 6.21. The van der Waals surface area contributed by atoms with Crippen LogP contribution in [-0.2, 0) is 19.1 Å². The first-order chi connectivity index (χ1) is 31.1. The van der Waals surface area contributed by atoms with Gasteiger partial charge in [0.2, 0.25) is 5.43 Å². The van der Waals surface area contributed by atoms with E-state index in [0.29, 0.717) is 82.0 Å². The molecular weight excluding hydrogens is 817 g/mol. The van der Waals surface area contributed by atoms with Gasteiger partial charge in [-0.2, -0.15) is 0 Å². The Morgan fingerprint density at radius 1 is 0.688 bits per heavy atom.